The van der Waals surface area contributed by atoms with Gasteiger partial charge in [0.2, 0.25) is 0 Å². The Morgan fingerprint density at radius 1 is 1.69 bits per heavy atom. The van der Waals surface area contributed by atoms with Gasteiger partial charge < -0.3 is 10.3 Å². The number of nitrogens with zero attached hydrogens (tertiary/aromatic N) is 2. The maximum Gasteiger partial charge on any atom is 0.265 e. The lowest BCUT2D eigenvalue weighted by atomic mass is 10.1. The van der Waals surface area contributed by atoms with E-state index >= 15 is 0 Å². The molecule has 0 saturated carbocycles. The van der Waals surface area contributed by atoms with Crippen molar-refractivity contribution in [3.8, 4) is 0 Å². The summed E-state index contributed by atoms with van der Waals surface area (Å²) in [5.41, 5.74) is 5.55. The first-order valence-corrected chi connectivity index (χ1v) is 4.10. The second-order valence-electron chi connectivity index (χ2n) is 3.06. The highest BCUT2D eigenvalue weighted by Gasteiger charge is 2.33. The van der Waals surface area contributed by atoms with Crippen molar-refractivity contribution in [3.05, 3.63) is 18.2 Å². The van der Waals surface area contributed by atoms with E-state index in [0.29, 0.717) is 6.54 Å². The number of imidazole rings is 1. The van der Waals surface area contributed by atoms with Crippen LogP contribution in [0.3, 0.4) is 0 Å². The third-order valence-electron chi connectivity index (χ3n) is 1.88. The van der Waals surface area contributed by atoms with Gasteiger partial charge in [-0.2, -0.15) is 0 Å². The minimum atomic E-state index is -2.92. The molecular weight excluding hydrogens is 176 g/mol. The molecule has 13 heavy (non-hydrogen) atoms. The molecule has 0 aliphatic rings. The number of hydrogen-bond acceptors (Lipinski definition) is 2. The zero-order valence-electron chi connectivity index (χ0n) is 7.67. The number of halogens is 2. The monoisotopic (exact) mass is 189 g/mol. The van der Waals surface area contributed by atoms with Crippen molar-refractivity contribution in [3.63, 3.8) is 0 Å². The number of alkyl halides is 2. The van der Waals surface area contributed by atoms with Crippen LogP contribution in [0.25, 0.3) is 0 Å². The van der Waals surface area contributed by atoms with Gasteiger partial charge in [-0.3, -0.25) is 0 Å². The molecule has 1 aromatic rings. The van der Waals surface area contributed by atoms with Gasteiger partial charge in [-0.05, 0) is 6.92 Å². The highest BCUT2D eigenvalue weighted by Crippen LogP contribution is 2.26. The number of nitrogens with two attached hydrogens (primary N) is 1. The highest BCUT2D eigenvalue weighted by molar-refractivity contribution is 5.06. The fraction of sp³-hybridized carbons (Fsp3) is 0.625. The van der Waals surface area contributed by atoms with Gasteiger partial charge in [-0.15, -0.1) is 0 Å². The van der Waals surface area contributed by atoms with Crippen LogP contribution in [0, 0.1) is 0 Å². The van der Waals surface area contributed by atoms with E-state index in [0.717, 1.165) is 6.92 Å². The zero-order valence-corrected chi connectivity index (χ0v) is 7.67. The molecule has 0 aliphatic carbocycles. The van der Waals surface area contributed by atoms with E-state index in [1.807, 2.05) is 6.92 Å². The summed E-state index contributed by atoms with van der Waals surface area (Å²) < 4.78 is 27.2. The molecule has 1 heterocycles. The van der Waals surface area contributed by atoms with Gasteiger partial charge in [-0.25, -0.2) is 13.8 Å². The maximum absolute atomic E-state index is 12.7. The molecule has 0 bridgehead atoms. The largest absolute Gasteiger partial charge is 0.337 e. The SMILES string of the molecule is CCn1cnc(C(N)C(C)(F)F)c1. The summed E-state index contributed by atoms with van der Waals surface area (Å²) in [4.78, 5) is 3.81. The molecule has 74 valence electrons. The Kier molecular flexibility index (Phi) is 2.66. The number of rotatable bonds is 3. The van der Waals surface area contributed by atoms with Crippen molar-refractivity contribution < 1.29 is 8.78 Å². The number of hydrogen-bond donors (Lipinski definition) is 1. The minimum absolute atomic E-state index is 0.231. The molecule has 1 aromatic heterocycles. The van der Waals surface area contributed by atoms with Crippen molar-refractivity contribution in [2.75, 3.05) is 0 Å². The summed E-state index contributed by atoms with van der Waals surface area (Å²) in [7, 11) is 0. The first-order chi connectivity index (χ1) is 5.95. The molecule has 0 fully saturated rings. The first kappa shape index (κ1) is 10.1. The number of aromatic nitrogens is 2. The quantitative estimate of drug-likeness (QED) is 0.784. The summed E-state index contributed by atoms with van der Waals surface area (Å²) in [6.07, 6.45) is 3.04. The van der Waals surface area contributed by atoms with Gasteiger partial charge in [0.25, 0.3) is 5.92 Å². The van der Waals surface area contributed by atoms with Crippen molar-refractivity contribution in [2.45, 2.75) is 32.4 Å². The first-order valence-electron chi connectivity index (χ1n) is 4.10. The van der Waals surface area contributed by atoms with E-state index in [9.17, 15) is 8.78 Å². The molecule has 1 atom stereocenters. The predicted molar refractivity (Wildman–Crippen MR) is 45.5 cm³/mol. The van der Waals surface area contributed by atoms with E-state index in [1.54, 1.807) is 10.8 Å². The van der Waals surface area contributed by atoms with Crippen molar-refractivity contribution >= 4 is 0 Å². The van der Waals surface area contributed by atoms with Crippen LogP contribution in [0.15, 0.2) is 12.5 Å². The Morgan fingerprint density at radius 2 is 2.31 bits per heavy atom. The van der Waals surface area contributed by atoms with Crippen LogP contribution in [0.5, 0.6) is 0 Å². The van der Waals surface area contributed by atoms with E-state index in [4.69, 9.17) is 5.73 Å². The van der Waals surface area contributed by atoms with E-state index < -0.39 is 12.0 Å². The molecule has 0 aromatic carbocycles. The third-order valence-corrected chi connectivity index (χ3v) is 1.88. The van der Waals surface area contributed by atoms with Gasteiger partial charge in [0, 0.05) is 19.7 Å². The fourth-order valence-electron chi connectivity index (χ4n) is 0.971. The van der Waals surface area contributed by atoms with Crippen molar-refractivity contribution in [1.82, 2.24) is 9.55 Å². The fourth-order valence-corrected chi connectivity index (χ4v) is 0.971. The summed E-state index contributed by atoms with van der Waals surface area (Å²) in [5.74, 6) is -2.92. The van der Waals surface area contributed by atoms with Gasteiger partial charge in [0.05, 0.1) is 12.0 Å². The van der Waals surface area contributed by atoms with E-state index in [-0.39, 0.29) is 5.69 Å². The second-order valence-corrected chi connectivity index (χ2v) is 3.06. The van der Waals surface area contributed by atoms with Gasteiger partial charge in [0.1, 0.15) is 6.04 Å². The summed E-state index contributed by atoms with van der Waals surface area (Å²) >= 11 is 0. The smallest absolute Gasteiger partial charge is 0.265 e. The molecule has 0 amide bonds. The van der Waals surface area contributed by atoms with E-state index in [1.165, 1.54) is 6.33 Å². The predicted octanol–water partition coefficient (Wildman–Crippen LogP) is 1.56. The van der Waals surface area contributed by atoms with Crippen LogP contribution < -0.4 is 5.73 Å². The average molecular weight is 189 g/mol. The van der Waals surface area contributed by atoms with Crippen molar-refractivity contribution in [1.29, 1.82) is 0 Å². The van der Waals surface area contributed by atoms with Crippen LogP contribution in [0.2, 0.25) is 0 Å². The summed E-state index contributed by atoms with van der Waals surface area (Å²) in [6, 6.07) is -1.32. The van der Waals surface area contributed by atoms with Crippen LogP contribution in [0.1, 0.15) is 25.6 Å². The molecule has 2 N–H and O–H groups in total. The van der Waals surface area contributed by atoms with Gasteiger partial charge >= 0.3 is 0 Å². The Hall–Kier alpha value is -0.970. The summed E-state index contributed by atoms with van der Waals surface area (Å²) in [6.45, 7) is 3.40. The van der Waals surface area contributed by atoms with Crippen LogP contribution in [-0.4, -0.2) is 15.5 Å². The zero-order chi connectivity index (χ0) is 10.1. The molecular formula is C8H13F2N3. The molecule has 1 rings (SSSR count). The van der Waals surface area contributed by atoms with Crippen molar-refractivity contribution in [2.24, 2.45) is 5.73 Å². The van der Waals surface area contributed by atoms with Gasteiger partial charge in [-0.1, -0.05) is 0 Å². The Balaban J connectivity index is 2.83. The Morgan fingerprint density at radius 3 is 2.69 bits per heavy atom. The lowest BCUT2D eigenvalue weighted by molar-refractivity contribution is -0.00736. The lowest BCUT2D eigenvalue weighted by Crippen LogP contribution is -2.29. The number of aryl methyl sites for hydroxylation is 1. The molecule has 0 saturated heterocycles. The Bertz CT molecular complexity index is 277. The topological polar surface area (TPSA) is 43.8 Å². The maximum atomic E-state index is 12.7. The molecule has 0 aliphatic heterocycles. The van der Waals surface area contributed by atoms with Crippen LogP contribution in [0.4, 0.5) is 8.78 Å². The third kappa shape index (κ3) is 2.24. The van der Waals surface area contributed by atoms with Crippen LogP contribution >= 0.6 is 0 Å². The van der Waals surface area contributed by atoms with Crippen LogP contribution in [-0.2, 0) is 6.54 Å². The van der Waals surface area contributed by atoms with Gasteiger partial charge in [0.15, 0.2) is 0 Å². The summed E-state index contributed by atoms with van der Waals surface area (Å²) in [5, 5.41) is 0. The Labute approximate surface area is 75.6 Å². The minimum Gasteiger partial charge on any atom is -0.337 e. The normalized spacial score (nSPS) is 14.5. The molecule has 0 radical (unpaired) electrons. The highest BCUT2D eigenvalue weighted by atomic mass is 19.3. The molecule has 0 spiro atoms. The van der Waals surface area contributed by atoms with E-state index in [2.05, 4.69) is 4.98 Å². The molecule has 5 heteroatoms. The molecule has 3 nitrogen and oxygen atoms in total. The standard InChI is InChI=1S/C8H13F2N3/c1-3-13-4-6(12-5-13)7(11)8(2,9)10/h4-5,7H,3,11H2,1-2H3. The second kappa shape index (κ2) is 3.41. The lowest BCUT2D eigenvalue weighted by Gasteiger charge is -2.16. The average Bonchev–Trinajstić information content (AvgIpc) is 2.48. The molecule has 1 unspecified atom stereocenters.